The van der Waals surface area contributed by atoms with Crippen molar-refractivity contribution in [2.24, 2.45) is 5.73 Å². The Morgan fingerprint density at radius 3 is 2.56 bits per heavy atom. The van der Waals surface area contributed by atoms with Crippen LogP contribution in [0, 0.1) is 0 Å². The molecule has 5 rings (SSSR count). The molecule has 2 aromatic heterocycles. The Morgan fingerprint density at radius 1 is 1.24 bits per heavy atom. The fraction of sp³-hybridized carbons (Fsp3) is 0.292. The average molecular weight is 498 g/mol. The van der Waals surface area contributed by atoms with E-state index >= 15 is 0 Å². The van der Waals surface area contributed by atoms with Crippen LogP contribution in [0.15, 0.2) is 51.3 Å². The third-order valence-electron chi connectivity index (χ3n) is 6.85. The van der Waals surface area contributed by atoms with Gasteiger partial charge in [-0.2, -0.15) is 11.3 Å². The van der Waals surface area contributed by atoms with Gasteiger partial charge in [0.1, 0.15) is 5.56 Å². The van der Waals surface area contributed by atoms with Crippen molar-refractivity contribution >= 4 is 49.6 Å². The van der Waals surface area contributed by atoms with E-state index in [9.17, 15) is 22.8 Å². The minimum absolute atomic E-state index is 0.144. The number of carbonyl (C=O) groups excluding carboxylic acids is 2. The number of aromatic nitrogens is 1. The monoisotopic (exact) mass is 497 g/mol. The largest absolute Gasteiger partial charge is 0.366 e. The van der Waals surface area contributed by atoms with E-state index in [0.717, 1.165) is 30.2 Å². The van der Waals surface area contributed by atoms with Crippen LogP contribution >= 0.6 is 11.3 Å². The van der Waals surface area contributed by atoms with Crippen molar-refractivity contribution in [2.45, 2.75) is 37.6 Å². The highest BCUT2D eigenvalue weighted by Crippen LogP contribution is 2.45. The molecule has 0 saturated heterocycles. The summed E-state index contributed by atoms with van der Waals surface area (Å²) in [4.78, 5) is 43.2. The number of nitrogens with one attached hydrogen (secondary N) is 1. The third kappa shape index (κ3) is 3.67. The number of pyridine rings is 1. The van der Waals surface area contributed by atoms with Crippen molar-refractivity contribution in [3.63, 3.8) is 0 Å². The Hall–Kier alpha value is -3.24. The Balaban J connectivity index is 1.63. The van der Waals surface area contributed by atoms with Crippen LogP contribution in [-0.4, -0.2) is 37.0 Å². The second-order valence-electron chi connectivity index (χ2n) is 9.13. The van der Waals surface area contributed by atoms with Gasteiger partial charge in [0.2, 0.25) is 0 Å². The number of nitrogens with two attached hydrogens (primary N) is 1. The number of rotatable bonds is 5. The Kier molecular flexibility index (Phi) is 5.25. The number of carbonyl (C=O) groups is 2. The van der Waals surface area contributed by atoms with E-state index < -0.39 is 33.3 Å². The molecule has 3 heterocycles. The number of anilines is 1. The minimum Gasteiger partial charge on any atom is -0.366 e. The zero-order chi connectivity index (χ0) is 24.3. The van der Waals surface area contributed by atoms with E-state index in [1.165, 1.54) is 28.4 Å². The number of sulfone groups is 1. The van der Waals surface area contributed by atoms with E-state index in [2.05, 4.69) is 11.9 Å². The Labute approximate surface area is 200 Å². The average Bonchev–Trinajstić information content (AvgIpc) is 3.40. The van der Waals surface area contributed by atoms with Gasteiger partial charge in [-0.25, -0.2) is 8.42 Å². The van der Waals surface area contributed by atoms with Gasteiger partial charge in [-0.15, -0.1) is 0 Å². The van der Waals surface area contributed by atoms with Gasteiger partial charge in [0.15, 0.2) is 9.84 Å². The van der Waals surface area contributed by atoms with Crippen molar-refractivity contribution < 1.29 is 18.0 Å². The molecule has 1 aliphatic heterocycles. The predicted molar refractivity (Wildman–Crippen MR) is 132 cm³/mol. The van der Waals surface area contributed by atoms with Crippen LogP contribution in [0.25, 0.3) is 10.9 Å². The summed E-state index contributed by atoms with van der Waals surface area (Å²) in [7, 11) is -3.43. The summed E-state index contributed by atoms with van der Waals surface area (Å²) >= 11 is 1.36. The molecule has 3 aromatic rings. The fourth-order valence-electron chi connectivity index (χ4n) is 4.87. The SMILES string of the molecule is CC1(c2ccc3cc(C(=O)N(c4ccsc4)C4C=CS(=O)(=O)C4)c(=O)[nH]c3c2C(N)=O)CCC1. The molecule has 0 radical (unpaired) electrons. The lowest BCUT2D eigenvalue weighted by Crippen LogP contribution is -2.43. The second-order valence-corrected chi connectivity index (χ2v) is 11.8. The highest BCUT2D eigenvalue weighted by atomic mass is 32.2. The number of thiophene rings is 1. The van der Waals surface area contributed by atoms with Crippen molar-refractivity contribution in [1.82, 2.24) is 4.98 Å². The summed E-state index contributed by atoms with van der Waals surface area (Å²) in [5.74, 6) is -1.51. The molecule has 176 valence electrons. The quantitative estimate of drug-likeness (QED) is 0.559. The van der Waals surface area contributed by atoms with Gasteiger partial charge in [-0.3, -0.25) is 19.3 Å². The van der Waals surface area contributed by atoms with Crippen LogP contribution < -0.4 is 16.2 Å². The molecule has 1 unspecified atom stereocenters. The van der Waals surface area contributed by atoms with Crippen LogP contribution in [0.2, 0.25) is 0 Å². The zero-order valence-electron chi connectivity index (χ0n) is 18.4. The molecular weight excluding hydrogens is 474 g/mol. The number of benzene rings is 1. The summed E-state index contributed by atoms with van der Waals surface area (Å²) in [6.07, 6.45) is 4.36. The highest BCUT2D eigenvalue weighted by Gasteiger charge is 2.37. The van der Waals surface area contributed by atoms with Crippen LogP contribution in [0.5, 0.6) is 0 Å². The van der Waals surface area contributed by atoms with E-state index in [0.29, 0.717) is 16.6 Å². The molecule has 10 heteroatoms. The summed E-state index contributed by atoms with van der Waals surface area (Å²) < 4.78 is 24.1. The van der Waals surface area contributed by atoms with Crippen LogP contribution in [-0.2, 0) is 15.3 Å². The summed E-state index contributed by atoms with van der Waals surface area (Å²) in [6, 6.07) is 6.04. The maximum atomic E-state index is 13.6. The van der Waals surface area contributed by atoms with Gasteiger partial charge in [-0.1, -0.05) is 25.5 Å². The van der Waals surface area contributed by atoms with Gasteiger partial charge < -0.3 is 10.7 Å². The smallest absolute Gasteiger partial charge is 0.264 e. The molecule has 0 spiro atoms. The van der Waals surface area contributed by atoms with Crippen LogP contribution in [0.3, 0.4) is 0 Å². The highest BCUT2D eigenvalue weighted by molar-refractivity contribution is 7.94. The van der Waals surface area contributed by atoms with Gasteiger partial charge in [0.05, 0.1) is 28.6 Å². The van der Waals surface area contributed by atoms with E-state index in [-0.39, 0.29) is 22.3 Å². The lowest BCUT2D eigenvalue weighted by molar-refractivity contribution is 0.0979. The van der Waals surface area contributed by atoms with Gasteiger partial charge >= 0.3 is 0 Å². The molecule has 0 bridgehead atoms. The van der Waals surface area contributed by atoms with Gasteiger partial charge in [0.25, 0.3) is 17.4 Å². The number of aromatic amines is 1. The molecule has 1 atom stereocenters. The topological polar surface area (TPSA) is 130 Å². The number of nitrogens with zero attached hydrogens (tertiary/aromatic N) is 1. The van der Waals surface area contributed by atoms with E-state index in [1.807, 2.05) is 6.07 Å². The van der Waals surface area contributed by atoms with Crippen molar-refractivity contribution in [1.29, 1.82) is 0 Å². The van der Waals surface area contributed by atoms with Crippen LogP contribution in [0.4, 0.5) is 5.69 Å². The molecule has 1 aliphatic carbocycles. The van der Waals surface area contributed by atoms with Crippen molar-refractivity contribution in [3.8, 4) is 0 Å². The number of amides is 2. The van der Waals surface area contributed by atoms with Crippen LogP contribution in [0.1, 0.15) is 52.5 Å². The maximum absolute atomic E-state index is 13.6. The third-order valence-corrected chi connectivity index (χ3v) is 8.90. The lowest BCUT2D eigenvalue weighted by Gasteiger charge is -2.40. The Morgan fingerprint density at radius 2 is 2.00 bits per heavy atom. The first-order valence-corrected chi connectivity index (χ1v) is 13.5. The molecule has 8 nitrogen and oxygen atoms in total. The molecule has 2 amide bonds. The number of H-pyrrole nitrogens is 1. The first-order valence-electron chi connectivity index (χ1n) is 10.9. The number of hydrogen-bond acceptors (Lipinski definition) is 6. The molecule has 2 aliphatic rings. The molecule has 1 saturated carbocycles. The fourth-order valence-corrected chi connectivity index (χ4v) is 6.77. The first kappa shape index (κ1) is 22.5. The maximum Gasteiger partial charge on any atom is 0.264 e. The van der Waals surface area contributed by atoms with E-state index in [4.69, 9.17) is 5.73 Å². The molecular formula is C24H23N3O5S2. The number of fused-ring (bicyclic) bond motifs is 1. The van der Waals surface area contributed by atoms with Gasteiger partial charge in [0, 0.05) is 10.8 Å². The summed E-state index contributed by atoms with van der Waals surface area (Å²) in [6.45, 7) is 2.07. The van der Waals surface area contributed by atoms with E-state index in [1.54, 1.807) is 22.9 Å². The summed E-state index contributed by atoms with van der Waals surface area (Å²) in [5.41, 5.74) is 6.63. The Bertz CT molecular complexity index is 1520. The second kappa shape index (κ2) is 7.92. The normalized spacial score (nSPS) is 20.2. The standard InChI is InChI=1S/C24H23N3O5S2/c1-24(7-2-8-24)18-4-3-14-11-17(22(29)26-20(14)19(18)21(25)28)23(30)27(15-5-9-33-12-15)16-6-10-34(31,32)13-16/h3-6,9-12,16H,2,7-8,13H2,1H3,(H2,25,28)(H,26,29). The predicted octanol–water partition coefficient (Wildman–Crippen LogP) is 3.09. The molecule has 1 aromatic carbocycles. The number of hydrogen-bond donors (Lipinski definition) is 2. The van der Waals surface area contributed by atoms with Crippen molar-refractivity contribution in [3.05, 3.63) is 73.6 Å². The lowest BCUT2D eigenvalue weighted by atomic mass is 9.64. The molecule has 3 N–H and O–H groups in total. The molecule has 34 heavy (non-hydrogen) atoms. The van der Waals surface area contributed by atoms with Crippen molar-refractivity contribution in [2.75, 3.05) is 10.7 Å². The minimum atomic E-state index is -3.43. The number of primary amides is 1. The molecule has 1 fully saturated rings. The summed E-state index contributed by atoms with van der Waals surface area (Å²) in [5, 5.41) is 5.09. The first-order chi connectivity index (χ1) is 16.1. The van der Waals surface area contributed by atoms with Gasteiger partial charge in [-0.05, 0) is 52.8 Å². The zero-order valence-corrected chi connectivity index (χ0v) is 20.0.